The molecule has 86 valence electrons. The molecule has 0 atom stereocenters. The summed E-state index contributed by atoms with van der Waals surface area (Å²) in [6.45, 7) is 2.69. The van der Waals surface area contributed by atoms with Crippen molar-refractivity contribution in [3.63, 3.8) is 0 Å². The minimum atomic E-state index is -1.40. The Labute approximate surface area is 91.3 Å². The highest BCUT2D eigenvalue weighted by atomic mass is 19.1. The molecule has 1 aromatic rings. The van der Waals surface area contributed by atoms with Crippen molar-refractivity contribution in [1.82, 2.24) is 10.3 Å². The maximum atomic E-state index is 12.5. The quantitative estimate of drug-likeness (QED) is 0.799. The van der Waals surface area contributed by atoms with Crippen molar-refractivity contribution in [3.05, 3.63) is 29.8 Å². The van der Waals surface area contributed by atoms with Crippen LogP contribution in [0.1, 0.15) is 24.3 Å². The van der Waals surface area contributed by atoms with Crippen LogP contribution in [0, 0.1) is 5.82 Å². The van der Waals surface area contributed by atoms with Crippen LogP contribution >= 0.6 is 0 Å². The molecule has 1 heterocycles. The summed E-state index contributed by atoms with van der Waals surface area (Å²) in [6, 6.07) is 2.26. The average molecular weight is 226 g/mol. The molecule has 1 rings (SSSR count). The van der Waals surface area contributed by atoms with Crippen molar-refractivity contribution in [2.75, 3.05) is 0 Å². The highest BCUT2D eigenvalue weighted by Crippen LogP contribution is 2.05. The van der Waals surface area contributed by atoms with Gasteiger partial charge in [0.25, 0.3) is 5.91 Å². The third-order valence-electron chi connectivity index (χ3n) is 1.92. The molecule has 0 radical (unpaired) electrons. The molecule has 2 N–H and O–H groups in total. The van der Waals surface area contributed by atoms with Gasteiger partial charge in [0, 0.05) is 0 Å². The van der Waals surface area contributed by atoms with E-state index >= 15 is 0 Å². The largest absolute Gasteiger partial charge is 0.480 e. The number of halogens is 1. The summed E-state index contributed by atoms with van der Waals surface area (Å²) in [7, 11) is 0. The van der Waals surface area contributed by atoms with Crippen LogP contribution in [0.5, 0.6) is 0 Å². The van der Waals surface area contributed by atoms with Crippen molar-refractivity contribution in [1.29, 1.82) is 0 Å². The zero-order chi connectivity index (χ0) is 12.3. The average Bonchev–Trinajstić information content (AvgIpc) is 2.17. The minimum Gasteiger partial charge on any atom is -0.480 e. The smallest absolute Gasteiger partial charge is 0.328 e. The van der Waals surface area contributed by atoms with Gasteiger partial charge in [0.05, 0.1) is 6.20 Å². The number of rotatable bonds is 3. The first-order valence-electron chi connectivity index (χ1n) is 4.50. The molecule has 1 amide bonds. The molecule has 0 bridgehead atoms. The van der Waals surface area contributed by atoms with E-state index in [0.29, 0.717) is 0 Å². The van der Waals surface area contributed by atoms with Gasteiger partial charge in [0.1, 0.15) is 17.1 Å². The molecule has 0 saturated heterocycles. The van der Waals surface area contributed by atoms with Crippen LogP contribution < -0.4 is 5.32 Å². The summed E-state index contributed by atoms with van der Waals surface area (Å²) in [4.78, 5) is 25.8. The van der Waals surface area contributed by atoms with Crippen molar-refractivity contribution < 1.29 is 19.1 Å². The summed E-state index contributed by atoms with van der Waals surface area (Å²) >= 11 is 0. The Bertz CT molecular complexity index is 415. The monoisotopic (exact) mass is 226 g/mol. The topological polar surface area (TPSA) is 79.3 Å². The number of aromatic nitrogens is 1. The lowest BCUT2D eigenvalue weighted by Gasteiger charge is -2.20. The van der Waals surface area contributed by atoms with Gasteiger partial charge in [-0.25, -0.2) is 14.2 Å². The van der Waals surface area contributed by atoms with E-state index < -0.39 is 23.2 Å². The molecular formula is C10H11FN2O3. The number of nitrogens with zero attached hydrogens (tertiary/aromatic N) is 1. The first-order valence-corrected chi connectivity index (χ1v) is 4.50. The molecule has 0 saturated carbocycles. The molecule has 16 heavy (non-hydrogen) atoms. The van der Waals surface area contributed by atoms with Gasteiger partial charge in [-0.1, -0.05) is 0 Å². The number of hydrogen-bond donors (Lipinski definition) is 2. The van der Waals surface area contributed by atoms with E-state index in [4.69, 9.17) is 5.11 Å². The van der Waals surface area contributed by atoms with Gasteiger partial charge < -0.3 is 10.4 Å². The summed E-state index contributed by atoms with van der Waals surface area (Å²) < 4.78 is 12.5. The van der Waals surface area contributed by atoms with Crippen molar-refractivity contribution >= 4 is 11.9 Å². The number of carbonyl (C=O) groups is 2. The summed E-state index contributed by atoms with van der Waals surface area (Å²) in [5.41, 5.74) is -1.43. The Morgan fingerprint density at radius 2 is 2.06 bits per heavy atom. The third-order valence-corrected chi connectivity index (χ3v) is 1.92. The number of aliphatic carboxylic acids is 1. The van der Waals surface area contributed by atoms with Crippen LogP contribution in [0.3, 0.4) is 0 Å². The molecule has 0 fully saturated rings. The third kappa shape index (κ3) is 2.75. The summed E-state index contributed by atoms with van der Waals surface area (Å²) in [5.74, 6) is -2.38. The van der Waals surface area contributed by atoms with E-state index in [2.05, 4.69) is 10.3 Å². The lowest BCUT2D eigenvalue weighted by molar-refractivity contribution is -0.143. The first kappa shape index (κ1) is 12.1. The lowest BCUT2D eigenvalue weighted by atomic mass is 10.1. The molecule has 0 spiro atoms. The number of carbonyl (C=O) groups excluding carboxylic acids is 1. The van der Waals surface area contributed by atoms with E-state index in [0.717, 1.165) is 12.3 Å². The fourth-order valence-electron chi connectivity index (χ4n) is 0.911. The van der Waals surface area contributed by atoms with Crippen molar-refractivity contribution in [3.8, 4) is 0 Å². The number of carboxylic acid groups (broad SMARTS) is 1. The van der Waals surface area contributed by atoms with Crippen LogP contribution in [0.4, 0.5) is 4.39 Å². The predicted octanol–water partition coefficient (Wildman–Crippen LogP) is 0.814. The van der Waals surface area contributed by atoms with E-state index in [1.807, 2.05) is 0 Å². The zero-order valence-corrected chi connectivity index (χ0v) is 8.82. The van der Waals surface area contributed by atoms with Crippen LogP contribution in [-0.2, 0) is 4.79 Å². The molecule has 0 aliphatic carbocycles. The first-order chi connectivity index (χ1) is 7.33. The maximum Gasteiger partial charge on any atom is 0.328 e. The summed E-state index contributed by atoms with van der Waals surface area (Å²) in [6.07, 6.45) is 0.892. The Balaban J connectivity index is 2.81. The fraction of sp³-hybridized carbons (Fsp3) is 0.300. The highest BCUT2D eigenvalue weighted by molar-refractivity contribution is 5.96. The number of nitrogens with one attached hydrogen (secondary N) is 1. The second kappa shape index (κ2) is 4.26. The molecule has 0 unspecified atom stereocenters. The van der Waals surface area contributed by atoms with Crippen LogP contribution in [0.2, 0.25) is 0 Å². The number of hydrogen-bond acceptors (Lipinski definition) is 3. The number of carboxylic acids is 1. The zero-order valence-electron chi connectivity index (χ0n) is 8.82. The SMILES string of the molecule is CC(C)(NC(=O)c1ccc(F)cn1)C(=O)O. The maximum absolute atomic E-state index is 12.5. The van der Waals surface area contributed by atoms with Crippen LogP contribution in [0.15, 0.2) is 18.3 Å². The Morgan fingerprint density at radius 1 is 1.44 bits per heavy atom. The normalized spacial score (nSPS) is 10.9. The predicted molar refractivity (Wildman–Crippen MR) is 53.4 cm³/mol. The van der Waals surface area contributed by atoms with Gasteiger partial charge in [0.2, 0.25) is 0 Å². The minimum absolute atomic E-state index is 0.0317. The number of amides is 1. The van der Waals surface area contributed by atoms with Gasteiger partial charge in [-0.05, 0) is 26.0 Å². The Hall–Kier alpha value is -1.98. The molecule has 6 heteroatoms. The Morgan fingerprint density at radius 3 is 2.50 bits per heavy atom. The summed E-state index contributed by atoms with van der Waals surface area (Å²) in [5, 5.41) is 11.1. The Kier molecular flexibility index (Phi) is 3.22. The van der Waals surface area contributed by atoms with Crippen molar-refractivity contribution in [2.45, 2.75) is 19.4 Å². The van der Waals surface area contributed by atoms with Crippen LogP contribution in [0.25, 0.3) is 0 Å². The molecule has 1 aromatic heterocycles. The molecule has 0 aliphatic rings. The lowest BCUT2D eigenvalue weighted by Crippen LogP contribution is -2.49. The van der Waals surface area contributed by atoms with E-state index in [1.165, 1.54) is 19.9 Å². The van der Waals surface area contributed by atoms with Gasteiger partial charge in [0.15, 0.2) is 0 Å². The second-order valence-electron chi connectivity index (χ2n) is 3.75. The van der Waals surface area contributed by atoms with Gasteiger partial charge in [-0.3, -0.25) is 4.79 Å². The van der Waals surface area contributed by atoms with Crippen LogP contribution in [-0.4, -0.2) is 27.5 Å². The molecule has 5 nitrogen and oxygen atoms in total. The van der Waals surface area contributed by atoms with Crippen molar-refractivity contribution in [2.24, 2.45) is 0 Å². The molecular weight excluding hydrogens is 215 g/mol. The van der Waals surface area contributed by atoms with E-state index in [-0.39, 0.29) is 5.69 Å². The standard InChI is InChI=1S/C10H11FN2O3/c1-10(2,9(15)16)13-8(14)7-4-3-6(11)5-12-7/h3-5H,1-2H3,(H,13,14)(H,15,16). The van der Waals surface area contributed by atoms with Gasteiger partial charge >= 0.3 is 5.97 Å². The van der Waals surface area contributed by atoms with E-state index in [1.54, 1.807) is 0 Å². The number of pyridine rings is 1. The highest BCUT2D eigenvalue weighted by Gasteiger charge is 2.29. The fourth-order valence-corrected chi connectivity index (χ4v) is 0.911. The van der Waals surface area contributed by atoms with E-state index in [9.17, 15) is 14.0 Å². The molecule has 0 aliphatic heterocycles. The van der Waals surface area contributed by atoms with Gasteiger partial charge in [-0.15, -0.1) is 0 Å². The second-order valence-corrected chi connectivity index (χ2v) is 3.75. The van der Waals surface area contributed by atoms with Gasteiger partial charge in [-0.2, -0.15) is 0 Å². The molecule has 0 aromatic carbocycles.